The lowest BCUT2D eigenvalue weighted by Gasteiger charge is -2.17. The fourth-order valence-corrected chi connectivity index (χ4v) is 2.04. The van der Waals surface area contributed by atoms with Crippen molar-refractivity contribution in [1.82, 2.24) is 15.5 Å². The zero-order chi connectivity index (χ0) is 15.7. The van der Waals surface area contributed by atoms with Gasteiger partial charge >= 0.3 is 0 Å². The van der Waals surface area contributed by atoms with Crippen LogP contribution in [-0.2, 0) is 4.79 Å². The van der Waals surface area contributed by atoms with Crippen LogP contribution in [0, 0.1) is 0 Å². The minimum atomic E-state index is -0.309. The Morgan fingerprint density at radius 3 is 2.52 bits per heavy atom. The Hall–Kier alpha value is -1.59. The molecular formula is C15H22ClN3O2. The van der Waals surface area contributed by atoms with E-state index >= 15 is 0 Å². The van der Waals surface area contributed by atoms with Crippen molar-refractivity contribution in [3.63, 3.8) is 0 Å². The molecule has 0 saturated heterocycles. The molecule has 0 heterocycles. The van der Waals surface area contributed by atoms with Crippen LogP contribution in [0.1, 0.15) is 24.2 Å². The maximum Gasteiger partial charge on any atom is 0.251 e. The number of benzene rings is 1. The van der Waals surface area contributed by atoms with Crippen LogP contribution in [0.15, 0.2) is 24.3 Å². The van der Waals surface area contributed by atoms with E-state index in [4.69, 9.17) is 11.6 Å². The molecule has 2 N–H and O–H groups in total. The molecule has 1 aromatic rings. The molecule has 0 spiro atoms. The number of nitrogens with one attached hydrogen (secondary N) is 2. The van der Waals surface area contributed by atoms with Crippen molar-refractivity contribution >= 4 is 23.4 Å². The van der Waals surface area contributed by atoms with Crippen LogP contribution in [-0.4, -0.2) is 49.4 Å². The summed E-state index contributed by atoms with van der Waals surface area (Å²) in [5.74, 6) is -0.506. The van der Waals surface area contributed by atoms with Gasteiger partial charge in [-0.25, -0.2) is 0 Å². The van der Waals surface area contributed by atoms with Crippen LogP contribution in [0.5, 0.6) is 0 Å². The SMILES string of the molecule is CCN(CC)CCNC(=O)CNC(=O)c1cccc(Cl)c1. The van der Waals surface area contributed by atoms with E-state index in [2.05, 4.69) is 29.4 Å². The number of hydrogen-bond donors (Lipinski definition) is 2. The molecule has 0 aliphatic rings. The number of halogens is 1. The second-order valence-electron chi connectivity index (χ2n) is 4.57. The lowest BCUT2D eigenvalue weighted by molar-refractivity contribution is -0.120. The van der Waals surface area contributed by atoms with Gasteiger partial charge in [0.15, 0.2) is 0 Å². The fourth-order valence-electron chi connectivity index (χ4n) is 1.85. The van der Waals surface area contributed by atoms with E-state index in [1.165, 1.54) is 0 Å². The van der Waals surface area contributed by atoms with E-state index in [0.717, 1.165) is 19.6 Å². The van der Waals surface area contributed by atoms with Gasteiger partial charge in [0.1, 0.15) is 0 Å². The lowest BCUT2D eigenvalue weighted by atomic mass is 10.2. The highest BCUT2D eigenvalue weighted by Gasteiger charge is 2.08. The molecule has 0 aliphatic heterocycles. The fraction of sp³-hybridized carbons (Fsp3) is 0.467. The Kier molecular flexibility index (Phi) is 7.79. The van der Waals surface area contributed by atoms with Gasteiger partial charge in [-0.1, -0.05) is 31.5 Å². The number of likely N-dealkylation sites (N-methyl/N-ethyl adjacent to an activating group) is 1. The predicted octanol–water partition coefficient (Wildman–Crippen LogP) is 1.53. The van der Waals surface area contributed by atoms with Gasteiger partial charge in [0.2, 0.25) is 5.91 Å². The first kappa shape index (κ1) is 17.5. The number of carbonyl (C=O) groups is 2. The Morgan fingerprint density at radius 1 is 1.19 bits per heavy atom. The van der Waals surface area contributed by atoms with E-state index in [9.17, 15) is 9.59 Å². The standard InChI is InChI=1S/C15H22ClN3O2/c1-3-19(4-2)9-8-17-14(20)11-18-15(21)12-6-5-7-13(16)10-12/h5-7,10H,3-4,8-9,11H2,1-2H3,(H,17,20)(H,18,21). The Morgan fingerprint density at radius 2 is 1.90 bits per heavy atom. The molecule has 1 aromatic carbocycles. The molecule has 0 radical (unpaired) electrons. The highest BCUT2D eigenvalue weighted by atomic mass is 35.5. The zero-order valence-corrected chi connectivity index (χ0v) is 13.2. The second kappa shape index (κ2) is 9.37. The lowest BCUT2D eigenvalue weighted by Crippen LogP contribution is -2.40. The molecular weight excluding hydrogens is 290 g/mol. The Bertz CT molecular complexity index is 476. The normalized spacial score (nSPS) is 10.5. The monoisotopic (exact) mass is 311 g/mol. The Balaban J connectivity index is 2.28. The molecule has 1 rings (SSSR count). The summed E-state index contributed by atoms with van der Waals surface area (Å²) in [5, 5.41) is 5.84. The first-order valence-corrected chi connectivity index (χ1v) is 7.47. The third-order valence-corrected chi connectivity index (χ3v) is 3.38. The zero-order valence-electron chi connectivity index (χ0n) is 12.5. The molecule has 0 aliphatic carbocycles. The molecule has 0 fully saturated rings. The third kappa shape index (κ3) is 6.60. The predicted molar refractivity (Wildman–Crippen MR) is 84.6 cm³/mol. The Labute approximate surface area is 130 Å². The van der Waals surface area contributed by atoms with Crippen molar-refractivity contribution in [1.29, 1.82) is 0 Å². The van der Waals surface area contributed by atoms with E-state index in [1.807, 2.05) is 0 Å². The quantitative estimate of drug-likeness (QED) is 0.765. The third-order valence-electron chi connectivity index (χ3n) is 3.14. The van der Waals surface area contributed by atoms with Gasteiger partial charge in [0.05, 0.1) is 6.54 Å². The van der Waals surface area contributed by atoms with Crippen LogP contribution < -0.4 is 10.6 Å². The van der Waals surface area contributed by atoms with Gasteiger partial charge in [0.25, 0.3) is 5.91 Å². The topological polar surface area (TPSA) is 61.4 Å². The average Bonchev–Trinajstić information content (AvgIpc) is 2.49. The van der Waals surface area contributed by atoms with Crippen molar-refractivity contribution in [2.24, 2.45) is 0 Å². The summed E-state index contributed by atoms with van der Waals surface area (Å²) in [5.41, 5.74) is 0.443. The molecule has 5 nitrogen and oxygen atoms in total. The maximum atomic E-state index is 11.8. The maximum absolute atomic E-state index is 11.8. The average molecular weight is 312 g/mol. The molecule has 0 aromatic heterocycles. The van der Waals surface area contributed by atoms with E-state index in [-0.39, 0.29) is 18.4 Å². The summed E-state index contributed by atoms with van der Waals surface area (Å²) >= 11 is 5.81. The van der Waals surface area contributed by atoms with Gasteiger partial charge in [-0.15, -0.1) is 0 Å². The van der Waals surface area contributed by atoms with Crippen molar-refractivity contribution in [2.75, 3.05) is 32.7 Å². The van der Waals surface area contributed by atoms with E-state index < -0.39 is 0 Å². The van der Waals surface area contributed by atoms with Gasteiger partial charge in [-0.3, -0.25) is 9.59 Å². The summed E-state index contributed by atoms with van der Waals surface area (Å²) in [7, 11) is 0. The van der Waals surface area contributed by atoms with Gasteiger partial charge in [-0.05, 0) is 31.3 Å². The van der Waals surface area contributed by atoms with Crippen LogP contribution in [0.4, 0.5) is 0 Å². The van der Waals surface area contributed by atoms with Crippen LogP contribution in [0.3, 0.4) is 0 Å². The number of carbonyl (C=O) groups excluding carboxylic acids is 2. The van der Waals surface area contributed by atoms with E-state index in [1.54, 1.807) is 24.3 Å². The summed E-state index contributed by atoms with van der Waals surface area (Å²) in [4.78, 5) is 25.7. The molecule has 0 unspecified atom stereocenters. The van der Waals surface area contributed by atoms with Crippen LogP contribution >= 0.6 is 11.6 Å². The summed E-state index contributed by atoms with van der Waals surface area (Å²) in [6.07, 6.45) is 0. The smallest absolute Gasteiger partial charge is 0.251 e. The van der Waals surface area contributed by atoms with Crippen LogP contribution in [0.25, 0.3) is 0 Å². The summed E-state index contributed by atoms with van der Waals surface area (Å²) in [6.45, 7) is 7.42. The highest BCUT2D eigenvalue weighted by Crippen LogP contribution is 2.10. The van der Waals surface area contributed by atoms with Crippen LogP contribution in [0.2, 0.25) is 5.02 Å². The van der Waals surface area contributed by atoms with E-state index in [0.29, 0.717) is 17.1 Å². The molecule has 21 heavy (non-hydrogen) atoms. The van der Waals surface area contributed by atoms with Gasteiger partial charge in [0, 0.05) is 23.7 Å². The van der Waals surface area contributed by atoms with Crippen molar-refractivity contribution in [3.05, 3.63) is 34.9 Å². The number of hydrogen-bond acceptors (Lipinski definition) is 3. The molecule has 0 saturated carbocycles. The number of amides is 2. The number of nitrogens with zero attached hydrogens (tertiary/aromatic N) is 1. The molecule has 6 heteroatoms. The molecule has 0 bridgehead atoms. The van der Waals surface area contributed by atoms with Crippen molar-refractivity contribution < 1.29 is 9.59 Å². The summed E-state index contributed by atoms with van der Waals surface area (Å²) in [6, 6.07) is 6.61. The molecule has 116 valence electrons. The highest BCUT2D eigenvalue weighted by molar-refractivity contribution is 6.30. The largest absolute Gasteiger partial charge is 0.353 e. The molecule has 0 atom stereocenters. The first-order chi connectivity index (χ1) is 10.1. The minimum absolute atomic E-state index is 0.0381. The van der Waals surface area contributed by atoms with Gasteiger partial charge in [-0.2, -0.15) is 0 Å². The minimum Gasteiger partial charge on any atom is -0.353 e. The van der Waals surface area contributed by atoms with Crippen molar-refractivity contribution in [2.45, 2.75) is 13.8 Å². The molecule has 2 amide bonds. The summed E-state index contributed by atoms with van der Waals surface area (Å²) < 4.78 is 0. The number of rotatable bonds is 8. The van der Waals surface area contributed by atoms with Crippen molar-refractivity contribution in [3.8, 4) is 0 Å². The van der Waals surface area contributed by atoms with Gasteiger partial charge < -0.3 is 15.5 Å². The first-order valence-electron chi connectivity index (χ1n) is 7.09. The second-order valence-corrected chi connectivity index (χ2v) is 5.01.